The van der Waals surface area contributed by atoms with Crippen molar-refractivity contribution in [2.45, 2.75) is 39.8 Å². The quantitative estimate of drug-likeness (QED) is 0.340. The highest BCUT2D eigenvalue weighted by molar-refractivity contribution is 6.31. The highest BCUT2D eigenvalue weighted by Gasteiger charge is 2.39. The van der Waals surface area contributed by atoms with Crippen LogP contribution in [0.25, 0.3) is 0 Å². The van der Waals surface area contributed by atoms with Gasteiger partial charge in [0.15, 0.2) is 0 Å². The number of nitrogens with one attached hydrogen (secondary N) is 2. The summed E-state index contributed by atoms with van der Waals surface area (Å²) in [6, 6.07) is 12.4. The Balaban J connectivity index is 0.000000331. The van der Waals surface area contributed by atoms with E-state index in [4.69, 9.17) is 21.1 Å². The first kappa shape index (κ1) is 26.9. The lowest BCUT2D eigenvalue weighted by molar-refractivity contribution is -0.384. The van der Waals surface area contributed by atoms with E-state index in [9.17, 15) is 19.7 Å². The van der Waals surface area contributed by atoms with Crippen molar-refractivity contribution < 1.29 is 24.0 Å². The topological polar surface area (TPSA) is 120 Å². The lowest BCUT2D eigenvalue weighted by atomic mass is 9.80. The van der Waals surface area contributed by atoms with Crippen LogP contribution >= 0.6 is 11.6 Å². The first-order valence-electron chi connectivity index (χ1n) is 11.3. The Bertz CT molecular complexity index is 1230. The monoisotopic (exact) mass is 513 g/mol. The van der Waals surface area contributed by atoms with Crippen molar-refractivity contribution in [3.8, 4) is 0 Å². The average Bonchev–Trinajstić information content (AvgIpc) is 3.33. The molecule has 0 bridgehead atoms. The van der Waals surface area contributed by atoms with Crippen LogP contribution in [0, 0.1) is 10.1 Å². The zero-order valence-corrected chi connectivity index (χ0v) is 21.3. The van der Waals surface area contributed by atoms with Crippen LogP contribution in [0.5, 0.6) is 0 Å². The maximum absolute atomic E-state index is 12.6. The number of hydrogen-bond acceptors (Lipinski definition) is 8. The third kappa shape index (κ3) is 5.75. The van der Waals surface area contributed by atoms with Crippen molar-refractivity contribution in [2.24, 2.45) is 0 Å². The number of dihydropyridines is 1. The number of nitro benzene ring substituents is 1. The van der Waals surface area contributed by atoms with Gasteiger partial charge in [0, 0.05) is 41.6 Å². The molecular formula is C26H28ClN3O6. The molecule has 2 heterocycles. The van der Waals surface area contributed by atoms with Gasteiger partial charge in [0.1, 0.15) is 0 Å². The molecule has 9 nitrogen and oxygen atoms in total. The molecule has 2 aromatic carbocycles. The fourth-order valence-corrected chi connectivity index (χ4v) is 4.49. The molecule has 0 aliphatic carbocycles. The molecule has 0 saturated carbocycles. The molecule has 190 valence electrons. The first-order chi connectivity index (χ1) is 17.2. The SMILES string of the molecule is CCOC(=O)C1=C(C)NC(C)=C(C(=O)OC)C1c1cc([N+](=O)[O-])ccc1Cl.c1ccc2c(c1)CNC2. The molecule has 4 rings (SSSR count). The van der Waals surface area contributed by atoms with E-state index in [1.54, 1.807) is 20.8 Å². The molecule has 0 radical (unpaired) electrons. The number of allylic oxidation sites excluding steroid dienone is 2. The maximum Gasteiger partial charge on any atom is 0.336 e. The zero-order chi connectivity index (χ0) is 26.4. The van der Waals surface area contributed by atoms with Gasteiger partial charge in [-0.3, -0.25) is 10.1 Å². The number of halogens is 1. The largest absolute Gasteiger partial charge is 0.466 e. The molecule has 1 atom stereocenters. The van der Waals surface area contributed by atoms with Crippen LogP contribution in [0.4, 0.5) is 5.69 Å². The van der Waals surface area contributed by atoms with Gasteiger partial charge in [-0.25, -0.2) is 9.59 Å². The number of non-ortho nitro benzene ring substituents is 1. The van der Waals surface area contributed by atoms with E-state index in [1.807, 2.05) is 0 Å². The number of rotatable bonds is 5. The molecule has 2 aliphatic heterocycles. The minimum absolute atomic E-state index is 0.126. The summed E-state index contributed by atoms with van der Waals surface area (Å²) in [5, 5.41) is 17.6. The van der Waals surface area contributed by atoms with Gasteiger partial charge in [-0.15, -0.1) is 0 Å². The van der Waals surface area contributed by atoms with Gasteiger partial charge < -0.3 is 20.1 Å². The van der Waals surface area contributed by atoms with Crippen molar-refractivity contribution in [3.05, 3.63) is 96.8 Å². The normalized spacial score (nSPS) is 16.4. The molecule has 36 heavy (non-hydrogen) atoms. The molecule has 0 aromatic heterocycles. The average molecular weight is 514 g/mol. The summed E-state index contributed by atoms with van der Waals surface area (Å²) in [6.45, 7) is 7.19. The molecule has 2 N–H and O–H groups in total. The Labute approximate surface area is 214 Å². The van der Waals surface area contributed by atoms with Gasteiger partial charge in [-0.1, -0.05) is 35.9 Å². The van der Waals surface area contributed by atoms with Crippen molar-refractivity contribution in [3.63, 3.8) is 0 Å². The molecule has 10 heteroatoms. The molecule has 0 amide bonds. The summed E-state index contributed by atoms with van der Waals surface area (Å²) in [5.74, 6) is -2.30. The van der Waals surface area contributed by atoms with Gasteiger partial charge in [0.25, 0.3) is 5.69 Å². The van der Waals surface area contributed by atoms with Crippen LogP contribution in [0.15, 0.2) is 65.0 Å². The van der Waals surface area contributed by atoms with Gasteiger partial charge in [0.05, 0.1) is 35.7 Å². The second-order valence-corrected chi connectivity index (χ2v) is 8.59. The zero-order valence-electron chi connectivity index (χ0n) is 20.5. The number of benzene rings is 2. The lowest BCUT2D eigenvalue weighted by Crippen LogP contribution is -2.32. The molecule has 0 fully saturated rings. The summed E-state index contributed by atoms with van der Waals surface area (Å²) in [4.78, 5) is 35.7. The van der Waals surface area contributed by atoms with Crippen LogP contribution in [0.1, 0.15) is 43.4 Å². The van der Waals surface area contributed by atoms with Crippen LogP contribution in [0.2, 0.25) is 5.02 Å². The first-order valence-corrected chi connectivity index (χ1v) is 11.7. The second-order valence-electron chi connectivity index (χ2n) is 8.18. The molecule has 0 spiro atoms. The van der Waals surface area contributed by atoms with E-state index >= 15 is 0 Å². The van der Waals surface area contributed by atoms with E-state index in [0.717, 1.165) is 13.1 Å². The van der Waals surface area contributed by atoms with Crippen LogP contribution in [0.3, 0.4) is 0 Å². The highest BCUT2D eigenvalue weighted by atomic mass is 35.5. The third-order valence-electron chi connectivity index (χ3n) is 5.91. The minimum Gasteiger partial charge on any atom is -0.466 e. The van der Waals surface area contributed by atoms with E-state index in [0.29, 0.717) is 11.4 Å². The summed E-state index contributed by atoms with van der Waals surface area (Å²) in [6.07, 6.45) is 0. The van der Waals surface area contributed by atoms with Crippen molar-refractivity contribution >= 4 is 29.2 Å². The van der Waals surface area contributed by atoms with Crippen LogP contribution < -0.4 is 10.6 Å². The number of ether oxygens (including phenoxy) is 2. The van der Waals surface area contributed by atoms with Crippen molar-refractivity contribution in [1.82, 2.24) is 10.6 Å². The number of nitro groups is 1. The molecule has 0 saturated heterocycles. The number of hydrogen-bond donors (Lipinski definition) is 2. The van der Waals surface area contributed by atoms with E-state index in [-0.39, 0.29) is 34.0 Å². The van der Waals surface area contributed by atoms with E-state index < -0.39 is 22.8 Å². The standard InChI is InChI=1S/C18H19ClN2O6.C8H9N/c1-5-27-18(23)15-10(3)20-9(2)14(17(22)26-4)16(15)12-8-11(21(24)25)6-7-13(12)19;1-2-4-8-6-9-5-7(8)3-1/h6-8,16,20H,5H2,1-4H3;1-4,9H,5-6H2. The van der Waals surface area contributed by atoms with Gasteiger partial charge in [-0.2, -0.15) is 0 Å². The molecule has 2 aliphatic rings. The fourth-order valence-electron chi connectivity index (χ4n) is 4.27. The summed E-state index contributed by atoms with van der Waals surface area (Å²) in [5.41, 5.74) is 4.14. The predicted octanol–water partition coefficient (Wildman–Crippen LogP) is 4.51. The summed E-state index contributed by atoms with van der Waals surface area (Å²) >= 11 is 6.30. The second kappa shape index (κ2) is 11.8. The van der Waals surface area contributed by atoms with Gasteiger partial charge in [0.2, 0.25) is 0 Å². The van der Waals surface area contributed by atoms with Gasteiger partial charge in [-0.05, 0) is 43.5 Å². The maximum atomic E-state index is 12.6. The number of carbonyl (C=O) groups is 2. The fraction of sp³-hybridized carbons (Fsp3) is 0.308. The third-order valence-corrected chi connectivity index (χ3v) is 6.26. The Morgan fingerprint density at radius 1 is 1.06 bits per heavy atom. The summed E-state index contributed by atoms with van der Waals surface area (Å²) < 4.78 is 9.99. The highest BCUT2D eigenvalue weighted by Crippen LogP contribution is 2.42. The Morgan fingerprint density at radius 3 is 2.17 bits per heavy atom. The Hall–Kier alpha value is -3.69. The molecule has 2 aromatic rings. The van der Waals surface area contributed by atoms with E-state index in [1.165, 1.54) is 36.4 Å². The van der Waals surface area contributed by atoms with Crippen LogP contribution in [-0.4, -0.2) is 30.6 Å². The lowest BCUT2D eigenvalue weighted by Gasteiger charge is -2.30. The molecular weight excluding hydrogens is 486 g/mol. The van der Waals surface area contributed by atoms with Crippen LogP contribution in [-0.2, 0) is 32.2 Å². The Kier molecular flexibility index (Phi) is 8.84. The Morgan fingerprint density at radius 2 is 1.64 bits per heavy atom. The summed E-state index contributed by atoms with van der Waals surface area (Å²) in [7, 11) is 1.21. The van der Waals surface area contributed by atoms with Crippen molar-refractivity contribution in [2.75, 3.05) is 13.7 Å². The number of esters is 2. The predicted molar refractivity (Wildman–Crippen MR) is 135 cm³/mol. The smallest absolute Gasteiger partial charge is 0.336 e. The van der Waals surface area contributed by atoms with Crippen molar-refractivity contribution in [1.29, 1.82) is 0 Å². The minimum atomic E-state index is -0.967. The van der Waals surface area contributed by atoms with E-state index in [2.05, 4.69) is 34.9 Å². The number of carbonyl (C=O) groups excluding carboxylic acids is 2. The number of methoxy groups -OCH3 is 1. The number of nitrogens with zero attached hydrogens (tertiary/aromatic N) is 1. The number of fused-ring (bicyclic) bond motifs is 1. The van der Waals surface area contributed by atoms with Gasteiger partial charge >= 0.3 is 11.9 Å². The molecule has 1 unspecified atom stereocenters.